The highest BCUT2D eigenvalue weighted by Crippen LogP contribution is 2.41. The summed E-state index contributed by atoms with van der Waals surface area (Å²) in [5.41, 5.74) is 4.72. The van der Waals surface area contributed by atoms with E-state index in [-0.39, 0.29) is 5.91 Å². The molecule has 1 aliphatic heterocycles. The minimum Gasteiger partial charge on any atom is -0.329 e. The van der Waals surface area contributed by atoms with Crippen LogP contribution in [-0.2, 0) is 4.79 Å². The summed E-state index contributed by atoms with van der Waals surface area (Å²) in [6.07, 6.45) is 0. The molecule has 2 N–H and O–H groups in total. The van der Waals surface area contributed by atoms with Crippen LogP contribution < -0.4 is 10.6 Å². The van der Waals surface area contributed by atoms with Gasteiger partial charge in [0.2, 0.25) is 5.95 Å². The summed E-state index contributed by atoms with van der Waals surface area (Å²) in [5, 5.41) is 6.93. The highest BCUT2D eigenvalue weighted by atomic mass is 35.5. The number of halogens is 1. The van der Waals surface area contributed by atoms with Crippen molar-refractivity contribution in [3.05, 3.63) is 101 Å². The number of amides is 1. The number of rotatable bonds is 3. The Hall–Kier alpha value is -3.57. The molecule has 5 rings (SSSR count). The Bertz CT molecular complexity index is 1290. The Morgan fingerprint density at radius 2 is 1.70 bits per heavy atom. The number of allylic oxidation sites excluding steroid dienone is 1. The van der Waals surface area contributed by atoms with Crippen LogP contribution in [0.4, 0.5) is 11.6 Å². The Morgan fingerprint density at radius 1 is 1.00 bits per heavy atom. The summed E-state index contributed by atoms with van der Waals surface area (Å²) in [6, 6.07) is 24.5. The molecule has 0 unspecified atom stereocenters. The van der Waals surface area contributed by atoms with E-state index in [0.29, 0.717) is 16.5 Å². The van der Waals surface area contributed by atoms with Crippen molar-refractivity contribution in [3.8, 4) is 0 Å². The SMILES string of the molecule is CC1=C(C(=O)Nc2ccccc2)[C@H](c2ccccc2Cl)n2c(nc3ccccc32)N1. The van der Waals surface area contributed by atoms with Gasteiger partial charge in [0.15, 0.2) is 0 Å². The smallest absolute Gasteiger partial charge is 0.255 e. The number of benzene rings is 3. The zero-order chi connectivity index (χ0) is 20.7. The zero-order valence-electron chi connectivity index (χ0n) is 16.3. The molecule has 2 heterocycles. The van der Waals surface area contributed by atoms with E-state index in [1.165, 1.54) is 0 Å². The van der Waals surface area contributed by atoms with Gasteiger partial charge in [-0.3, -0.25) is 9.36 Å². The average Bonchev–Trinajstić information content (AvgIpc) is 3.11. The lowest BCUT2D eigenvalue weighted by atomic mass is 9.94. The van der Waals surface area contributed by atoms with Gasteiger partial charge in [0.25, 0.3) is 5.91 Å². The minimum atomic E-state index is -0.411. The van der Waals surface area contributed by atoms with Crippen molar-refractivity contribution in [3.63, 3.8) is 0 Å². The van der Waals surface area contributed by atoms with Crippen molar-refractivity contribution in [1.29, 1.82) is 0 Å². The van der Waals surface area contributed by atoms with Gasteiger partial charge in [0.05, 0.1) is 22.6 Å². The second-order valence-electron chi connectivity index (χ2n) is 7.20. The van der Waals surface area contributed by atoms with E-state index in [4.69, 9.17) is 16.6 Å². The van der Waals surface area contributed by atoms with Crippen molar-refractivity contribution < 1.29 is 4.79 Å². The molecule has 1 aromatic heterocycles. The van der Waals surface area contributed by atoms with E-state index in [1.54, 1.807) is 0 Å². The molecule has 148 valence electrons. The molecular weight excluding hydrogens is 396 g/mol. The number of imidazole rings is 1. The van der Waals surface area contributed by atoms with Gasteiger partial charge in [-0.25, -0.2) is 4.98 Å². The monoisotopic (exact) mass is 414 g/mol. The third kappa shape index (κ3) is 3.04. The predicted octanol–water partition coefficient (Wildman–Crippen LogP) is 5.62. The van der Waals surface area contributed by atoms with E-state index in [9.17, 15) is 4.79 Å². The fourth-order valence-electron chi connectivity index (χ4n) is 3.97. The number of carbonyl (C=O) groups excluding carboxylic acids is 1. The molecule has 30 heavy (non-hydrogen) atoms. The zero-order valence-corrected chi connectivity index (χ0v) is 17.0. The van der Waals surface area contributed by atoms with Crippen molar-refractivity contribution in [1.82, 2.24) is 9.55 Å². The number of nitrogens with one attached hydrogen (secondary N) is 2. The van der Waals surface area contributed by atoms with Gasteiger partial charge in [-0.1, -0.05) is 60.1 Å². The second-order valence-corrected chi connectivity index (χ2v) is 7.61. The lowest BCUT2D eigenvalue weighted by Gasteiger charge is -2.31. The van der Waals surface area contributed by atoms with Gasteiger partial charge in [0, 0.05) is 16.4 Å². The Morgan fingerprint density at radius 3 is 2.50 bits per heavy atom. The van der Waals surface area contributed by atoms with E-state index >= 15 is 0 Å². The van der Waals surface area contributed by atoms with Crippen LogP contribution >= 0.6 is 11.6 Å². The van der Waals surface area contributed by atoms with Gasteiger partial charge in [-0.05, 0) is 42.8 Å². The number of para-hydroxylation sites is 3. The summed E-state index contributed by atoms with van der Waals surface area (Å²) in [4.78, 5) is 18.2. The van der Waals surface area contributed by atoms with E-state index in [2.05, 4.69) is 10.6 Å². The molecule has 4 aromatic rings. The number of nitrogens with zero attached hydrogens (tertiary/aromatic N) is 2. The fraction of sp³-hybridized carbons (Fsp3) is 0.0833. The van der Waals surface area contributed by atoms with Crippen LogP contribution in [-0.4, -0.2) is 15.5 Å². The van der Waals surface area contributed by atoms with Crippen molar-refractivity contribution in [2.24, 2.45) is 0 Å². The third-order valence-corrected chi connectivity index (χ3v) is 5.65. The lowest BCUT2D eigenvalue weighted by Crippen LogP contribution is -2.31. The molecule has 0 saturated heterocycles. The number of fused-ring (bicyclic) bond motifs is 3. The Kier molecular flexibility index (Phi) is 4.52. The number of hydrogen-bond acceptors (Lipinski definition) is 3. The molecule has 1 atom stereocenters. The third-order valence-electron chi connectivity index (χ3n) is 5.31. The summed E-state index contributed by atoms with van der Waals surface area (Å²) in [5.74, 6) is 0.509. The number of anilines is 2. The highest BCUT2D eigenvalue weighted by molar-refractivity contribution is 6.31. The van der Waals surface area contributed by atoms with Crippen molar-refractivity contribution in [2.75, 3.05) is 10.6 Å². The van der Waals surface area contributed by atoms with E-state index in [0.717, 1.165) is 28.0 Å². The summed E-state index contributed by atoms with van der Waals surface area (Å²) in [7, 11) is 0. The number of aromatic nitrogens is 2. The van der Waals surface area contributed by atoms with Gasteiger partial charge in [-0.2, -0.15) is 0 Å². The minimum absolute atomic E-state index is 0.181. The van der Waals surface area contributed by atoms with Crippen molar-refractivity contribution >= 4 is 40.2 Å². The first-order chi connectivity index (χ1) is 14.6. The van der Waals surface area contributed by atoms with Gasteiger partial charge in [0.1, 0.15) is 0 Å². The van der Waals surface area contributed by atoms with Crippen LogP contribution in [0.15, 0.2) is 90.1 Å². The number of hydrogen-bond donors (Lipinski definition) is 2. The van der Waals surface area contributed by atoms with Crippen LogP contribution in [0.3, 0.4) is 0 Å². The maximum absolute atomic E-state index is 13.5. The van der Waals surface area contributed by atoms with Crippen LogP contribution in [0.5, 0.6) is 0 Å². The normalized spacial score (nSPS) is 15.6. The maximum Gasteiger partial charge on any atom is 0.255 e. The van der Waals surface area contributed by atoms with Crippen LogP contribution in [0.2, 0.25) is 5.02 Å². The van der Waals surface area contributed by atoms with Crippen LogP contribution in [0.1, 0.15) is 18.5 Å². The standard InChI is InChI=1S/C24H19ClN4O/c1-15-21(23(30)27-16-9-3-2-4-10-16)22(17-11-5-6-12-18(17)25)29-20-14-8-7-13-19(20)28-24(29)26-15/h2-14,22H,1H3,(H,26,28)(H,27,30)/t22-/m0/s1. The fourth-order valence-corrected chi connectivity index (χ4v) is 4.21. The predicted molar refractivity (Wildman–Crippen MR) is 121 cm³/mol. The highest BCUT2D eigenvalue weighted by Gasteiger charge is 2.35. The average molecular weight is 415 g/mol. The molecule has 0 spiro atoms. The number of carbonyl (C=O) groups is 1. The maximum atomic E-state index is 13.5. The van der Waals surface area contributed by atoms with Gasteiger partial charge < -0.3 is 10.6 Å². The molecule has 0 bridgehead atoms. The topological polar surface area (TPSA) is 59.0 Å². The van der Waals surface area contributed by atoms with E-state index in [1.807, 2.05) is 90.4 Å². The Labute approximate surface area is 179 Å². The first kappa shape index (κ1) is 18.5. The molecule has 3 aromatic carbocycles. The summed E-state index contributed by atoms with van der Waals surface area (Å²) in [6.45, 7) is 1.90. The van der Waals surface area contributed by atoms with Gasteiger partial charge in [-0.15, -0.1) is 0 Å². The molecule has 0 fully saturated rings. The first-order valence-corrected chi connectivity index (χ1v) is 10.1. The molecule has 5 nitrogen and oxygen atoms in total. The quantitative estimate of drug-likeness (QED) is 0.457. The molecule has 6 heteroatoms. The second kappa shape index (κ2) is 7.35. The lowest BCUT2D eigenvalue weighted by molar-refractivity contribution is -0.113. The Balaban J connectivity index is 1.70. The molecule has 0 saturated carbocycles. The summed E-state index contributed by atoms with van der Waals surface area (Å²) < 4.78 is 2.05. The molecule has 1 amide bonds. The van der Waals surface area contributed by atoms with E-state index < -0.39 is 6.04 Å². The summed E-state index contributed by atoms with van der Waals surface area (Å²) >= 11 is 6.61. The first-order valence-electron chi connectivity index (χ1n) is 9.69. The molecule has 0 radical (unpaired) electrons. The largest absolute Gasteiger partial charge is 0.329 e. The molecule has 0 aliphatic carbocycles. The van der Waals surface area contributed by atoms with Crippen LogP contribution in [0, 0.1) is 0 Å². The van der Waals surface area contributed by atoms with Crippen molar-refractivity contribution in [2.45, 2.75) is 13.0 Å². The van der Waals surface area contributed by atoms with Gasteiger partial charge >= 0.3 is 0 Å². The molecular formula is C24H19ClN4O. The van der Waals surface area contributed by atoms with Crippen LogP contribution in [0.25, 0.3) is 11.0 Å². The molecule has 1 aliphatic rings.